The highest BCUT2D eigenvalue weighted by molar-refractivity contribution is 5.91. The van der Waals surface area contributed by atoms with Crippen LogP contribution in [-0.2, 0) is 17.9 Å². The summed E-state index contributed by atoms with van der Waals surface area (Å²) in [4.78, 5) is 28.6. The Morgan fingerprint density at radius 1 is 1.03 bits per heavy atom. The van der Waals surface area contributed by atoms with Crippen LogP contribution >= 0.6 is 0 Å². The lowest BCUT2D eigenvalue weighted by Crippen LogP contribution is -2.39. The van der Waals surface area contributed by atoms with E-state index in [1.54, 1.807) is 17.0 Å². The van der Waals surface area contributed by atoms with Crippen molar-refractivity contribution in [1.82, 2.24) is 10.2 Å². The van der Waals surface area contributed by atoms with Gasteiger partial charge in [-0.1, -0.05) is 26.0 Å². The molecule has 0 atom stereocenters. The molecule has 0 aromatic heterocycles. The fourth-order valence-electron chi connectivity index (χ4n) is 3.29. The lowest BCUT2D eigenvalue weighted by Gasteiger charge is -2.26. The van der Waals surface area contributed by atoms with Crippen LogP contribution in [0, 0.1) is 11.7 Å². The van der Waals surface area contributed by atoms with Crippen LogP contribution in [0.2, 0.25) is 0 Å². The van der Waals surface area contributed by atoms with Gasteiger partial charge in [-0.05, 0) is 54.3 Å². The van der Waals surface area contributed by atoms with Crippen LogP contribution in [0.15, 0.2) is 42.5 Å². The van der Waals surface area contributed by atoms with Crippen LogP contribution in [0.5, 0.6) is 0 Å². The van der Waals surface area contributed by atoms with Gasteiger partial charge >= 0.3 is 6.03 Å². The number of amides is 3. The molecule has 6 nitrogen and oxygen atoms in total. The average Bonchev–Trinajstić information content (AvgIpc) is 2.68. The third-order valence-electron chi connectivity index (χ3n) is 4.70. The molecule has 0 saturated carbocycles. The van der Waals surface area contributed by atoms with Gasteiger partial charge in [0.2, 0.25) is 5.91 Å². The molecule has 0 fully saturated rings. The summed E-state index contributed by atoms with van der Waals surface area (Å²) in [6.45, 7) is 7.04. The predicted molar refractivity (Wildman–Crippen MR) is 124 cm³/mol. The molecular weight excluding hydrogens is 395 g/mol. The van der Waals surface area contributed by atoms with Gasteiger partial charge in [0.15, 0.2) is 0 Å². The number of urea groups is 1. The van der Waals surface area contributed by atoms with Crippen molar-refractivity contribution < 1.29 is 14.0 Å². The first kappa shape index (κ1) is 24.2. The third-order valence-corrected chi connectivity index (χ3v) is 4.70. The van der Waals surface area contributed by atoms with Crippen molar-refractivity contribution in [3.63, 3.8) is 0 Å². The number of nitrogens with one attached hydrogen (secondary N) is 2. The first-order valence-electron chi connectivity index (χ1n) is 10.6. The number of hydrogen-bond donors (Lipinski definition) is 2. The minimum absolute atomic E-state index is 0.0366. The molecule has 0 bridgehead atoms. The molecule has 0 radical (unpaired) electrons. The average molecular weight is 429 g/mol. The van der Waals surface area contributed by atoms with Crippen LogP contribution in [0.3, 0.4) is 0 Å². The van der Waals surface area contributed by atoms with Crippen molar-refractivity contribution in [3.8, 4) is 0 Å². The molecule has 0 heterocycles. The Morgan fingerprint density at radius 2 is 1.71 bits per heavy atom. The number of benzene rings is 2. The molecule has 0 spiro atoms. The largest absolute Gasteiger partial charge is 0.377 e. The van der Waals surface area contributed by atoms with Gasteiger partial charge in [0.05, 0.1) is 0 Å². The summed E-state index contributed by atoms with van der Waals surface area (Å²) in [5, 5.41) is 5.79. The molecule has 0 aliphatic heterocycles. The Bertz CT molecular complexity index is 882. The van der Waals surface area contributed by atoms with E-state index in [4.69, 9.17) is 0 Å². The summed E-state index contributed by atoms with van der Waals surface area (Å²) >= 11 is 0. The highest BCUT2D eigenvalue weighted by Gasteiger charge is 2.17. The molecule has 2 aromatic carbocycles. The smallest absolute Gasteiger partial charge is 0.317 e. The van der Waals surface area contributed by atoms with Crippen LogP contribution in [-0.4, -0.2) is 37.5 Å². The minimum Gasteiger partial charge on any atom is -0.377 e. The zero-order valence-corrected chi connectivity index (χ0v) is 19.0. The minimum atomic E-state index is -0.312. The molecule has 2 N–H and O–H groups in total. The third kappa shape index (κ3) is 7.59. The van der Waals surface area contributed by atoms with Crippen LogP contribution in [0.25, 0.3) is 0 Å². The fourth-order valence-corrected chi connectivity index (χ4v) is 3.29. The summed E-state index contributed by atoms with van der Waals surface area (Å²) < 4.78 is 13.3. The Morgan fingerprint density at radius 3 is 2.29 bits per heavy atom. The summed E-state index contributed by atoms with van der Waals surface area (Å²) in [6.07, 6.45) is 0.445. The van der Waals surface area contributed by atoms with Crippen molar-refractivity contribution in [2.24, 2.45) is 5.92 Å². The number of anilines is 2. The van der Waals surface area contributed by atoms with Crippen molar-refractivity contribution in [3.05, 3.63) is 59.4 Å². The molecule has 0 unspecified atom stereocenters. The van der Waals surface area contributed by atoms with Gasteiger partial charge in [-0.3, -0.25) is 4.79 Å². The summed E-state index contributed by atoms with van der Waals surface area (Å²) in [7, 11) is 3.87. The molecule has 7 heteroatoms. The van der Waals surface area contributed by atoms with Crippen molar-refractivity contribution >= 4 is 23.3 Å². The van der Waals surface area contributed by atoms with Crippen molar-refractivity contribution in [1.29, 1.82) is 0 Å². The van der Waals surface area contributed by atoms with Gasteiger partial charge in [0.25, 0.3) is 0 Å². The maximum atomic E-state index is 13.3. The Hall–Kier alpha value is -3.09. The van der Waals surface area contributed by atoms with Gasteiger partial charge in [-0.2, -0.15) is 0 Å². The van der Waals surface area contributed by atoms with Crippen molar-refractivity contribution in [2.75, 3.05) is 30.9 Å². The lowest BCUT2D eigenvalue weighted by atomic mass is 10.1. The standard InChI is InChI=1S/C24H33FN4O2/c1-6-26-24(31)29(15-18-7-9-20(25)10-8-18)16-19-14-21(11-12-22(19)28(4)5)27-23(30)13-17(2)3/h7-12,14,17H,6,13,15-16H2,1-5H3,(H,26,31)(H,27,30). The number of carbonyl (C=O) groups is 2. The number of carbonyl (C=O) groups excluding carboxylic acids is 2. The number of hydrogen-bond acceptors (Lipinski definition) is 3. The number of halogens is 1. The molecule has 0 aliphatic rings. The van der Waals surface area contributed by atoms with Crippen molar-refractivity contribution in [2.45, 2.75) is 40.3 Å². The number of nitrogens with zero attached hydrogens (tertiary/aromatic N) is 2. The van der Waals surface area contributed by atoms with Crippen LogP contribution in [0.1, 0.15) is 38.3 Å². The monoisotopic (exact) mass is 428 g/mol. The molecule has 0 aliphatic carbocycles. The Labute approximate surface area is 184 Å². The maximum Gasteiger partial charge on any atom is 0.317 e. The summed E-state index contributed by atoms with van der Waals surface area (Å²) in [5.41, 5.74) is 3.39. The SMILES string of the molecule is CCNC(=O)N(Cc1ccc(F)cc1)Cc1cc(NC(=O)CC(C)C)ccc1N(C)C. The second-order valence-electron chi connectivity index (χ2n) is 8.20. The van der Waals surface area contributed by atoms with Gasteiger partial charge in [-0.25, -0.2) is 9.18 Å². The molecule has 3 amide bonds. The van der Waals surface area contributed by atoms with Gasteiger partial charge in [0, 0.05) is 51.5 Å². The zero-order valence-electron chi connectivity index (χ0n) is 19.0. The highest BCUT2D eigenvalue weighted by Crippen LogP contribution is 2.25. The quantitative estimate of drug-likeness (QED) is 0.613. The van der Waals surface area contributed by atoms with Crippen LogP contribution < -0.4 is 15.5 Å². The second-order valence-corrected chi connectivity index (χ2v) is 8.20. The predicted octanol–water partition coefficient (Wildman–Crippen LogP) is 4.61. The van der Waals surface area contributed by atoms with E-state index in [0.29, 0.717) is 31.7 Å². The topological polar surface area (TPSA) is 64.7 Å². The normalized spacial score (nSPS) is 10.7. The Balaban J connectivity index is 2.31. The first-order valence-corrected chi connectivity index (χ1v) is 10.6. The molecule has 0 saturated heterocycles. The van der Waals surface area contributed by atoms with E-state index in [-0.39, 0.29) is 23.7 Å². The Kier molecular flexibility index (Phi) is 8.85. The lowest BCUT2D eigenvalue weighted by molar-refractivity contribution is -0.116. The first-order chi connectivity index (χ1) is 14.7. The molecule has 2 rings (SSSR count). The summed E-state index contributed by atoms with van der Waals surface area (Å²) in [6, 6.07) is 11.6. The van der Waals surface area contributed by atoms with E-state index < -0.39 is 0 Å². The fraction of sp³-hybridized carbons (Fsp3) is 0.417. The van der Waals surface area contributed by atoms with Gasteiger partial charge < -0.3 is 20.4 Å². The number of rotatable bonds is 9. The molecular formula is C24H33FN4O2. The maximum absolute atomic E-state index is 13.3. The van der Waals surface area contributed by atoms with E-state index in [0.717, 1.165) is 16.8 Å². The van der Waals surface area contributed by atoms with Gasteiger partial charge in [0.1, 0.15) is 5.82 Å². The molecule has 168 valence electrons. The second kappa shape index (κ2) is 11.3. The van der Waals surface area contributed by atoms with E-state index in [1.165, 1.54) is 12.1 Å². The zero-order chi connectivity index (χ0) is 23.0. The van der Waals surface area contributed by atoms with E-state index in [1.807, 2.05) is 58.0 Å². The molecule has 2 aromatic rings. The molecule has 31 heavy (non-hydrogen) atoms. The van der Waals surface area contributed by atoms with E-state index in [2.05, 4.69) is 10.6 Å². The highest BCUT2D eigenvalue weighted by atomic mass is 19.1. The van der Waals surface area contributed by atoms with Crippen LogP contribution in [0.4, 0.5) is 20.6 Å². The van der Waals surface area contributed by atoms with Gasteiger partial charge in [-0.15, -0.1) is 0 Å². The van der Waals surface area contributed by atoms with E-state index >= 15 is 0 Å². The van der Waals surface area contributed by atoms with E-state index in [9.17, 15) is 14.0 Å². The summed E-state index contributed by atoms with van der Waals surface area (Å²) in [5.74, 6) is -0.0806.